The number of ether oxygens (including phenoxy) is 2. The summed E-state index contributed by atoms with van der Waals surface area (Å²) >= 11 is 9.13. The van der Waals surface area contributed by atoms with E-state index in [-0.39, 0.29) is 19.1 Å². The quantitative estimate of drug-likeness (QED) is 0.224. The largest absolute Gasteiger partial charge is 0.486 e. The third-order valence-corrected chi connectivity index (χ3v) is 6.25. The SMILES string of the molecule is COC(=O)c1ccc(NC(=O)Cn2nc(COc3ccc(Br)cc3)n(-c3ccccc3C)c2=S)cc1. The van der Waals surface area contributed by atoms with Crippen LogP contribution in [-0.4, -0.2) is 33.3 Å². The van der Waals surface area contributed by atoms with Gasteiger partial charge in [-0.25, -0.2) is 9.48 Å². The molecule has 0 aliphatic carbocycles. The molecule has 0 spiro atoms. The number of aryl methyl sites for hydroxylation is 1. The van der Waals surface area contributed by atoms with E-state index < -0.39 is 5.97 Å². The van der Waals surface area contributed by atoms with Gasteiger partial charge >= 0.3 is 5.97 Å². The number of rotatable bonds is 8. The Morgan fingerprint density at radius 3 is 2.39 bits per heavy atom. The summed E-state index contributed by atoms with van der Waals surface area (Å²) in [7, 11) is 1.32. The summed E-state index contributed by atoms with van der Waals surface area (Å²) in [4.78, 5) is 24.4. The van der Waals surface area contributed by atoms with Crippen molar-refractivity contribution in [2.24, 2.45) is 0 Å². The van der Waals surface area contributed by atoms with Crippen LogP contribution in [0.1, 0.15) is 21.7 Å². The van der Waals surface area contributed by atoms with Gasteiger partial charge in [-0.05, 0) is 79.3 Å². The summed E-state index contributed by atoms with van der Waals surface area (Å²) in [5.74, 6) is 0.487. The number of esters is 1. The molecule has 184 valence electrons. The molecule has 0 bridgehead atoms. The smallest absolute Gasteiger partial charge is 0.337 e. The van der Waals surface area contributed by atoms with Crippen LogP contribution in [0.4, 0.5) is 5.69 Å². The summed E-state index contributed by atoms with van der Waals surface area (Å²) in [5, 5.41) is 7.41. The van der Waals surface area contributed by atoms with Crippen LogP contribution in [-0.2, 0) is 22.7 Å². The van der Waals surface area contributed by atoms with E-state index in [0.29, 0.717) is 27.6 Å². The van der Waals surface area contributed by atoms with Crippen LogP contribution >= 0.6 is 28.1 Å². The fraction of sp³-hybridized carbons (Fsp3) is 0.154. The summed E-state index contributed by atoms with van der Waals surface area (Å²) in [5.41, 5.74) is 2.80. The van der Waals surface area contributed by atoms with Crippen molar-refractivity contribution in [2.45, 2.75) is 20.1 Å². The van der Waals surface area contributed by atoms with Crippen LogP contribution in [0.2, 0.25) is 0 Å². The number of aromatic nitrogens is 3. The van der Waals surface area contributed by atoms with Gasteiger partial charge in [0, 0.05) is 10.2 Å². The van der Waals surface area contributed by atoms with E-state index in [2.05, 4.69) is 26.3 Å². The number of methoxy groups -OCH3 is 1. The highest BCUT2D eigenvalue weighted by Gasteiger charge is 2.17. The van der Waals surface area contributed by atoms with Crippen molar-refractivity contribution in [3.8, 4) is 11.4 Å². The second kappa shape index (κ2) is 11.3. The fourth-order valence-corrected chi connectivity index (χ4v) is 4.10. The first kappa shape index (κ1) is 25.3. The zero-order chi connectivity index (χ0) is 25.7. The molecule has 1 heterocycles. The molecule has 1 aromatic heterocycles. The van der Waals surface area contributed by atoms with Crippen molar-refractivity contribution in [3.63, 3.8) is 0 Å². The molecule has 1 amide bonds. The predicted molar refractivity (Wildman–Crippen MR) is 142 cm³/mol. The van der Waals surface area contributed by atoms with Crippen molar-refractivity contribution in [2.75, 3.05) is 12.4 Å². The Morgan fingerprint density at radius 1 is 1.03 bits per heavy atom. The van der Waals surface area contributed by atoms with Gasteiger partial charge in [-0.3, -0.25) is 9.36 Å². The van der Waals surface area contributed by atoms with Crippen LogP contribution in [0.5, 0.6) is 5.75 Å². The second-order valence-electron chi connectivity index (χ2n) is 7.84. The van der Waals surface area contributed by atoms with Crippen molar-refractivity contribution >= 4 is 45.7 Å². The number of nitrogens with zero attached hydrogens (tertiary/aromatic N) is 3. The van der Waals surface area contributed by atoms with Crippen molar-refractivity contribution in [1.29, 1.82) is 0 Å². The zero-order valence-corrected chi connectivity index (χ0v) is 22.0. The molecule has 0 fully saturated rings. The first-order valence-corrected chi connectivity index (χ1v) is 12.2. The van der Waals surface area contributed by atoms with Crippen LogP contribution in [0, 0.1) is 11.7 Å². The number of hydrogen-bond donors (Lipinski definition) is 1. The average Bonchev–Trinajstić information content (AvgIpc) is 3.18. The number of para-hydroxylation sites is 1. The van der Waals surface area contributed by atoms with Gasteiger partial charge in [-0.2, -0.15) is 5.10 Å². The van der Waals surface area contributed by atoms with E-state index in [4.69, 9.17) is 21.7 Å². The maximum atomic E-state index is 12.8. The topological polar surface area (TPSA) is 87.4 Å². The normalized spacial score (nSPS) is 10.6. The summed E-state index contributed by atoms with van der Waals surface area (Å²) in [6.07, 6.45) is 0. The Bertz CT molecular complexity index is 1450. The molecule has 4 aromatic rings. The molecular weight excluding hydrogens is 544 g/mol. The van der Waals surface area contributed by atoms with E-state index in [1.54, 1.807) is 24.3 Å². The molecule has 1 N–H and O–H groups in total. The maximum absolute atomic E-state index is 12.8. The number of carbonyl (C=O) groups excluding carboxylic acids is 2. The number of carbonyl (C=O) groups is 2. The van der Waals surface area contributed by atoms with Crippen LogP contribution in [0.3, 0.4) is 0 Å². The molecule has 0 aliphatic heterocycles. The molecule has 0 saturated heterocycles. The molecule has 0 radical (unpaired) electrons. The van der Waals surface area contributed by atoms with E-state index in [0.717, 1.165) is 15.7 Å². The minimum atomic E-state index is -0.446. The standard InChI is InChI=1S/C26H23BrN4O4S/c1-17-5-3-4-6-22(17)31-23(16-35-21-13-9-19(27)10-14-21)29-30(26(31)36)15-24(32)28-20-11-7-18(8-12-20)25(33)34-2/h3-14H,15-16H2,1-2H3,(H,28,32). The van der Waals surface area contributed by atoms with Crippen molar-refractivity contribution in [1.82, 2.24) is 14.3 Å². The minimum absolute atomic E-state index is 0.0955. The molecule has 36 heavy (non-hydrogen) atoms. The summed E-state index contributed by atoms with van der Waals surface area (Å²) in [6.45, 7) is 2.05. The summed E-state index contributed by atoms with van der Waals surface area (Å²) in [6, 6.07) is 21.7. The highest BCUT2D eigenvalue weighted by Crippen LogP contribution is 2.21. The number of anilines is 1. The lowest BCUT2D eigenvalue weighted by Crippen LogP contribution is -2.20. The Hall–Kier alpha value is -3.76. The second-order valence-corrected chi connectivity index (χ2v) is 9.12. The maximum Gasteiger partial charge on any atom is 0.337 e. The lowest BCUT2D eigenvalue weighted by Gasteiger charge is -2.10. The lowest BCUT2D eigenvalue weighted by molar-refractivity contribution is -0.116. The van der Waals surface area contributed by atoms with Gasteiger partial charge in [0.15, 0.2) is 5.82 Å². The van der Waals surface area contributed by atoms with Gasteiger partial charge in [-0.1, -0.05) is 34.1 Å². The molecule has 0 aliphatic rings. The third kappa shape index (κ3) is 5.89. The number of hydrogen-bond acceptors (Lipinski definition) is 6. The Balaban J connectivity index is 1.57. The molecule has 10 heteroatoms. The van der Waals surface area contributed by atoms with E-state index in [9.17, 15) is 9.59 Å². The monoisotopic (exact) mass is 566 g/mol. The van der Waals surface area contributed by atoms with E-state index in [1.165, 1.54) is 11.8 Å². The Morgan fingerprint density at radius 2 is 1.72 bits per heavy atom. The number of halogens is 1. The number of nitrogens with one attached hydrogen (secondary N) is 1. The minimum Gasteiger partial charge on any atom is -0.486 e. The number of benzene rings is 3. The van der Waals surface area contributed by atoms with E-state index in [1.807, 2.05) is 60.0 Å². The van der Waals surface area contributed by atoms with Gasteiger partial charge in [0.1, 0.15) is 18.9 Å². The van der Waals surface area contributed by atoms with Gasteiger partial charge in [0.25, 0.3) is 0 Å². The summed E-state index contributed by atoms with van der Waals surface area (Å²) < 4.78 is 15.3. The molecule has 8 nitrogen and oxygen atoms in total. The molecule has 4 rings (SSSR count). The first-order chi connectivity index (χ1) is 17.4. The third-order valence-electron chi connectivity index (χ3n) is 5.33. The average molecular weight is 567 g/mol. The fourth-order valence-electron chi connectivity index (χ4n) is 3.53. The molecule has 0 unspecified atom stereocenters. The van der Waals surface area contributed by atoms with E-state index >= 15 is 0 Å². The molecule has 3 aromatic carbocycles. The van der Waals surface area contributed by atoms with Crippen LogP contribution < -0.4 is 10.1 Å². The zero-order valence-electron chi connectivity index (χ0n) is 19.6. The highest BCUT2D eigenvalue weighted by atomic mass is 79.9. The molecule has 0 atom stereocenters. The van der Waals surface area contributed by atoms with Crippen molar-refractivity contribution < 1.29 is 19.1 Å². The van der Waals surface area contributed by atoms with Gasteiger partial charge < -0.3 is 14.8 Å². The molecular formula is C26H23BrN4O4S. The molecule has 0 saturated carbocycles. The van der Waals surface area contributed by atoms with Crippen LogP contribution in [0.25, 0.3) is 5.69 Å². The van der Waals surface area contributed by atoms with Gasteiger partial charge in [0.05, 0.1) is 18.4 Å². The number of amides is 1. The van der Waals surface area contributed by atoms with Gasteiger partial charge in [0.2, 0.25) is 10.7 Å². The first-order valence-electron chi connectivity index (χ1n) is 11.0. The van der Waals surface area contributed by atoms with Crippen LogP contribution in [0.15, 0.2) is 77.3 Å². The Kier molecular flexibility index (Phi) is 7.97. The van der Waals surface area contributed by atoms with Crippen molar-refractivity contribution in [3.05, 3.63) is 99.0 Å². The Labute approximate surface area is 221 Å². The highest BCUT2D eigenvalue weighted by molar-refractivity contribution is 9.10. The lowest BCUT2D eigenvalue weighted by atomic mass is 10.2. The predicted octanol–water partition coefficient (Wildman–Crippen LogP) is 5.48. The van der Waals surface area contributed by atoms with Gasteiger partial charge in [-0.15, -0.1) is 0 Å².